The molecular formula is C100H55N5O15. The fourth-order valence-corrected chi connectivity index (χ4v) is 19.1. The van der Waals surface area contributed by atoms with Gasteiger partial charge < -0.3 is 25.5 Å². The first-order valence-corrected chi connectivity index (χ1v) is 38.1. The lowest BCUT2D eigenvalue weighted by molar-refractivity contribution is -0.381. The van der Waals surface area contributed by atoms with Gasteiger partial charge in [-0.3, -0.25) is 50.6 Å². The molecule has 0 atom stereocenters. The van der Waals surface area contributed by atoms with E-state index in [1.165, 1.54) is 0 Å². The van der Waals surface area contributed by atoms with Crippen LogP contribution in [0.2, 0.25) is 0 Å². The molecule has 25 aromatic rings. The molecule has 0 unspecified atom stereocenters. The lowest BCUT2D eigenvalue weighted by atomic mass is 9.89. The molecule has 25 rings (SSSR count). The number of phenolic OH excluding ortho intramolecular Hbond substituents is 5. The number of phenols is 5. The highest BCUT2D eigenvalue weighted by Gasteiger charge is 2.30. The number of aromatic hydroxyl groups is 5. The van der Waals surface area contributed by atoms with Crippen LogP contribution in [-0.4, -0.2) is 50.1 Å². The van der Waals surface area contributed by atoms with Crippen LogP contribution in [-0.2, 0) is 0 Å². The van der Waals surface area contributed by atoms with Gasteiger partial charge in [-0.05, 0) is 202 Å². The molecule has 0 aromatic heterocycles. The summed E-state index contributed by atoms with van der Waals surface area (Å²) in [6.45, 7) is 0. The lowest BCUT2D eigenvalue weighted by Gasteiger charge is -2.14. The Labute approximate surface area is 672 Å². The Morgan fingerprint density at radius 1 is 0.142 bits per heavy atom. The van der Waals surface area contributed by atoms with E-state index in [2.05, 4.69) is 0 Å². The normalized spacial score (nSPS) is 11.8. The zero-order valence-electron chi connectivity index (χ0n) is 62.4. The smallest absolute Gasteiger partial charge is 0.285 e. The second-order valence-corrected chi connectivity index (χ2v) is 29.9. The number of benzene rings is 25. The molecule has 5 N–H and O–H groups in total. The van der Waals surface area contributed by atoms with E-state index in [0.717, 1.165) is 162 Å². The van der Waals surface area contributed by atoms with Gasteiger partial charge in [0.2, 0.25) is 0 Å². The van der Waals surface area contributed by atoms with Gasteiger partial charge in [0.15, 0.2) is 0 Å². The molecule has 0 spiro atoms. The second kappa shape index (κ2) is 26.5. The molecule has 0 fully saturated rings. The van der Waals surface area contributed by atoms with Gasteiger partial charge in [-0.15, -0.1) is 0 Å². The van der Waals surface area contributed by atoms with E-state index in [4.69, 9.17) is 0 Å². The summed E-state index contributed by atoms with van der Waals surface area (Å²) in [7, 11) is 0. The second-order valence-electron chi connectivity index (χ2n) is 29.9. The molecule has 0 bridgehead atoms. The van der Waals surface area contributed by atoms with Crippen LogP contribution in [0.25, 0.3) is 215 Å². The van der Waals surface area contributed by atoms with Crippen LogP contribution in [0.3, 0.4) is 0 Å². The number of nitrogens with zero attached hydrogens (tertiary/aromatic N) is 5. The molecule has 0 amide bonds. The third kappa shape index (κ3) is 10.3. The number of non-ortho nitro benzene ring substituents is 5. The molecule has 20 nitrogen and oxygen atoms in total. The lowest BCUT2D eigenvalue weighted by Crippen LogP contribution is -1.94. The molecule has 0 aliphatic carbocycles. The first-order chi connectivity index (χ1) is 58.3. The highest BCUT2D eigenvalue weighted by molar-refractivity contribution is 6.38. The van der Waals surface area contributed by atoms with Gasteiger partial charge in [0.25, 0.3) is 28.4 Å². The maximum Gasteiger partial charge on any atom is 0.285 e. The largest absolute Gasteiger partial charge is 0.507 e. The fourth-order valence-electron chi connectivity index (χ4n) is 19.1. The Kier molecular flexibility index (Phi) is 15.7. The predicted octanol–water partition coefficient (Wildman–Crippen LogP) is 26.8. The van der Waals surface area contributed by atoms with Crippen molar-refractivity contribution in [3.63, 3.8) is 0 Å². The van der Waals surface area contributed by atoms with Crippen molar-refractivity contribution in [1.29, 1.82) is 0 Å². The van der Waals surface area contributed by atoms with Gasteiger partial charge >= 0.3 is 0 Å². The molecule has 25 aromatic carbocycles. The Morgan fingerprint density at radius 3 is 0.450 bits per heavy atom. The topological polar surface area (TPSA) is 317 Å². The van der Waals surface area contributed by atoms with E-state index < -0.39 is 0 Å². The number of nitro groups is 5. The summed E-state index contributed by atoms with van der Waals surface area (Å²) < 4.78 is 0. The van der Waals surface area contributed by atoms with Crippen molar-refractivity contribution in [2.24, 2.45) is 0 Å². The van der Waals surface area contributed by atoms with E-state index in [-0.39, 0.29) is 81.8 Å². The van der Waals surface area contributed by atoms with Crippen molar-refractivity contribution in [3.8, 4) is 28.7 Å². The highest BCUT2D eigenvalue weighted by Crippen LogP contribution is 2.53. The molecule has 0 aliphatic heterocycles. The summed E-state index contributed by atoms with van der Waals surface area (Å²) in [6.07, 6.45) is 0. The molecule has 570 valence electrons. The van der Waals surface area contributed by atoms with Gasteiger partial charge in [0.05, 0.1) is 78.5 Å². The number of hydrogen-bond donors (Lipinski definition) is 5. The Hall–Kier alpha value is -17.0. The Morgan fingerprint density at radius 2 is 0.275 bits per heavy atom. The van der Waals surface area contributed by atoms with Crippen molar-refractivity contribution in [3.05, 3.63) is 354 Å². The summed E-state index contributed by atoms with van der Waals surface area (Å²) in [6, 6.07) is 92.2. The van der Waals surface area contributed by atoms with Gasteiger partial charge in [0, 0.05) is 80.8 Å². The standard InChI is InChI=1S/5C20H11NO3/c22-17-10-6-11-5-7-16-19-13(8-9-15(17)18(11)19)12-3-1-2-4-14(12)20(16)21(23)24;4*22-17-10-6-11-5-7-13-12-3-1-2-4-14(12)20(21(23)24)16-9-8-15(17)18(11)19(13)16/h5*1-10,22H. The van der Waals surface area contributed by atoms with Crippen molar-refractivity contribution in [2.45, 2.75) is 0 Å². The maximum absolute atomic E-state index is 11.8. The zero-order valence-corrected chi connectivity index (χ0v) is 62.4. The van der Waals surface area contributed by atoms with Crippen molar-refractivity contribution in [1.82, 2.24) is 0 Å². The van der Waals surface area contributed by atoms with Crippen molar-refractivity contribution < 1.29 is 50.1 Å². The SMILES string of the molecule is O=[N+]([O-])c1c2ccccc2c2ccc3c(O)ccc4ccc1c2c43.O=[N+]([O-])c1c2ccccc2c2ccc3ccc(O)c4ccc1c2c34.O=[N+]([O-])c1c2ccccc2c2ccc3ccc(O)c4ccc1c2c34.O=[N+]([O-])c1c2ccccc2c2ccc3ccc(O)c4ccc1c2c34.O=[N+]([O-])c1c2ccccc2c2ccc3ccc(O)c4ccc1c2c34. The average molecular weight is 1570 g/mol. The highest BCUT2D eigenvalue weighted by atomic mass is 16.6. The van der Waals surface area contributed by atoms with E-state index in [9.17, 15) is 76.1 Å². The molecule has 120 heavy (non-hydrogen) atoms. The summed E-state index contributed by atoms with van der Waals surface area (Å²) >= 11 is 0. The summed E-state index contributed by atoms with van der Waals surface area (Å²) in [5.74, 6) is 0.938. The van der Waals surface area contributed by atoms with Crippen LogP contribution in [0.4, 0.5) is 28.4 Å². The number of fused-ring (bicyclic) bond motifs is 10. The fraction of sp³-hybridized carbons (Fsp3) is 0. The number of hydrogen-bond acceptors (Lipinski definition) is 15. The third-order valence-corrected chi connectivity index (χ3v) is 24.0. The number of nitro benzene ring substituents is 5. The molecular weight excluding hydrogens is 1510 g/mol. The third-order valence-electron chi connectivity index (χ3n) is 24.0. The average Bonchev–Trinajstić information content (AvgIpc) is 0.737. The minimum Gasteiger partial charge on any atom is -0.507 e. The van der Waals surface area contributed by atoms with Gasteiger partial charge in [0.1, 0.15) is 28.7 Å². The first-order valence-electron chi connectivity index (χ1n) is 38.1. The van der Waals surface area contributed by atoms with E-state index >= 15 is 0 Å². The molecule has 0 aliphatic rings. The molecule has 20 heteroatoms. The quantitative estimate of drug-likeness (QED) is 0.0463. The summed E-state index contributed by atoms with van der Waals surface area (Å²) in [5.41, 5.74) is 0.606. The van der Waals surface area contributed by atoms with E-state index in [0.29, 0.717) is 53.9 Å². The predicted molar refractivity (Wildman–Crippen MR) is 480 cm³/mol. The molecule has 0 heterocycles. The van der Waals surface area contributed by atoms with Crippen LogP contribution in [0, 0.1) is 50.6 Å². The Balaban J connectivity index is 0.0000000928. The molecule has 0 saturated heterocycles. The maximum atomic E-state index is 11.8. The van der Waals surface area contributed by atoms with Crippen molar-refractivity contribution in [2.75, 3.05) is 0 Å². The van der Waals surface area contributed by atoms with Crippen LogP contribution >= 0.6 is 0 Å². The molecule has 0 radical (unpaired) electrons. The minimum absolute atomic E-state index is 0.121. The van der Waals surface area contributed by atoms with Gasteiger partial charge in [-0.2, -0.15) is 0 Å². The molecule has 0 saturated carbocycles. The Bertz CT molecular complexity index is 7740. The zero-order chi connectivity index (χ0) is 82.1. The minimum atomic E-state index is -0.311. The first kappa shape index (κ1) is 70.8. The van der Waals surface area contributed by atoms with E-state index in [1.807, 2.05) is 194 Å². The van der Waals surface area contributed by atoms with E-state index in [1.54, 1.807) is 109 Å². The van der Waals surface area contributed by atoms with Crippen LogP contribution in [0.1, 0.15) is 0 Å². The van der Waals surface area contributed by atoms with Crippen LogP contribution in [0.15, 0.2) is 303 Å². The summed E-state index contributed by atoms with van der Waals surface area (Å²) in [5, 5.41) is 142. The van der Waals surface area contributed by atoms with Gasteiger partial charge in [-0.25, -0.2) is 0 Å². The van der Waals surface area contributed by atoms with Crippen LogP contribution in [0.5, 0.6) is 28.7 Å². The van der Waals surface area contributed by atoms with Crippen LogP contribution < -0.4 is 0 Å². The monoisotopic (exact) mass is 1570 g/mol. The number of rotatable bonds is 5. The van der Waals surface area contributed by atoms with Gasteiger partial charge in [-0.1, -0.05) is 182 Å². The van der Waals surface area contributed by atoms with Crippen molar-refractivity contribution >= 4 is 244 Å². The summed E-state index contributed by atoms with van der Waals surface area (Å²) in [4.78, 5) is 57.4.